The molecule has 0 saturated heterocycles. The van der Waals surface area contributed by atoms with E-state index in [2.05, 4.69) is 36.5 Å². The van der Waals surface area contributed by atoms with Crippen molar-refractivity contribution >= 4 is 0 Å². The molecule has 1 aromatic carbocycles. The summed E-state index contributed by atoms with van der Waals surface area (Å²) < 4.78 is 5.13. The molecule has 1 aliphatic carbocycles. The SMILES string of the molecule is COCC(CO)NC(c1ccc(C)cc1)C1CC1. The van der Waals surface area contributed by atoms with Gasteiger partial charge in [-0.15, -0.1) is 0 Å². The highest BCUT2D eigenvalue weighted by atomic mass is 16.5. The average Bonchev–Trinajstić information content (AvgIpc) is 3.20. The smallest absolute Gasteiger partial charge is 0.0638 e. The van der Waals surface area contributed by atoms with Gasteiger partial charge in [-0.05, 0) is 31.2 Å². The van der Waals surface area contributed by atoms with Gasteiger partial charge in [0.25, 0.3) is 0 Å². The Labute approximate surface area is 109 Å². The molecule has 2 atom stereocenters. The number of nitrogens with one attached hydrogen (secondary N) is 1. The predicted molar refractivity (Wildman–Crippen MR) is 72.5 cm³/mol. The molecule has 2 N–H and O–H groups in total. The zero-order valence-electron chi connectivity index (χ0n) is 11.2. The molecule has 1 aliphatic rings. The molecule has 3 heteroatoms. The van der Waals surface area contributed by atoms with Crippen molar-refractivity contribution in [2.24, 2.45) is 5.92 Å². The molecule has 2 rings (SSSR count). The molecule has 2 unspecified atom stereocenters. The van der Waals surface area contributed by atoms with Crippen molar-refractivity contribution < 1.29 is 9.84 Å². The zero-order chi connectivity index (χ0) is 13.0. The van der Waals surface area contributed by atoms with Gasteiger partial charge in [0, 0.05) is 13.2 Å². The summed E-state index contributed by atoms with van der Waals surface area (Å²) >= 11 is 0. The summed E-state index contributed by atoms with van der Waals surface area (Å²) in [5.74, 6) is 0.707. The first-order valence-electron chi connectivity index (χ1n) is 6.67. The van der Waals surface area contributed by atoms with Crippen molar-refractivity contribution in [3.05, 3.63) is 35.4 Å². The molecule has 18 heavy (non-hydrogen) atoms. The molecule has 0 amide bonds. The fourth-order valence-electron chi connectivity index (χ4n) is 2.32. The van der Waals surface area contributed by atoms with Crippen molar-refractivity contribution in [2.75, 3.05) is 20.3 Å². The lowest BCUT2D eigenvalue weighted by atomic mass is 10.00. The lowest BCUT2D eigenvalue weighted by Gasteiger charge is -2.24. The van der Waals surface area contributed by atoms with Crippen LogP contribution in [0.1, 0.15) is 30.0 Å². The van der Waals surface area contributed by atoms with Crippen molar-refractivity contribution in [3.63, 3.8) is 0 Å². The maximum atomic E-state index is 9.36. The van der Waals surface area contributed by atoms with Crippen LogP contribution < -0.4 is 5.32 Å². The van der Waals surface area contributed by atoms with Gasteiger partial charge in [-0.2, -0.15) is 0 Å². The summed E-state index contributed by atoms with van der Waals surface area (Å²) in [6, 6.07) is 9.03. The summed E-state index contributed by atoms with van der Waals surface area (Å²) in [7, 11) is 1.67. The lowest BCUT2D eigenvalue weighted by molar-refractivity contribution is 0.120. The predicted octanol–water partition coefficient (Wildman–Crippen LogP) is 2.04. The second-order valence-electron chi connectivity index (χ2n) is 5.23. The monoisotopic (exact) mass is 249 g/mol. The number of aliphatic hydroxyl groups is 1. The van der Waals surface area contributed by atoms with Gasteiger partial charge < -0.3 is 15.2 Å². The molecule has 0 aromatic heterocycles. The van der Waals surface area contributed by atoms with E-state index in [1.165, 1.54) is 24.0 Å². The van der Waals surface area contributed by atoms with Crippen molar-refractivity contribution in [3.8, 4) is 0 Å². The van der Waals surface area contributed by atoms with Crippen LogP contribution in [0.3, 0.4) is 0 Å². The minimum atomic E-state index is 0.0157. The molecule has 0 heterocycles. The Balaban J connectivity index is 2.05. The van der Waals surface area contributed by atoms with Gasteiger partial charge in [-0.3, -0.25) is 0 Å². The van der Waals surface area contributed by atoms with Gasteiger partial charge in [-0.25, -0.2) is 0 Å². The van der Waals surface area contributed by atoms with E-state index in [0.717, 1.165) is 0 Å². The largest absolute Gasteiger partial charge is 0.395 e. The number of hydrogen-bond acceptors (Lipinski definition) is 3. The van der Waals surface area contributed by atoms with Crippen LogP contribution in [0.2, 0.25) is 0 Å². The van der Waals surface area contributed by atoms with E-state index in [-0.39, 0.29) is 12.6 Å². The summed E-state index contributed by atoms with van der Waals surface area (Å²) in [6.07, 6.45) is 2.55. The third kappa shape index (κ3) is 3.55. The molecular formula is C15H23NO2. The van der Waals surface area contributed by atoms with E-state index in [9.17, 15) is 5.11 Å². The second-order valence-corrected chi connectivity index (χ2v) is 5.23. The summed E-state index contributed by atoms with van der Waals surface area (Å²) in [5, 5.41) is 12.9. The Morgan fingerprint density at radius 2 is 2.00 bits per heavy atom. The van der Waals surface area contributed by atoms with E-state index in [1.54, 1.807) is 7.11 Å². The van der Waals surface area contributed by atoms with Crippen molar-refractivity contribution in [2.45, 2.75) is 31.8 Å². The normalized spacial score (nSPS) is 18.6. The molecule has 1 aromatic rings. The third-order valence-electron chi connectivity index (χ3n) is 3.53. The standard InChI is InChI=1S/C15H23NO2/c1-11-3-5-12(6-4-11)15(13-7-8-13)16-14(9-17)10-18-2/h3-6,13-17H,7-10H2,1-2H3. The summed E-state index contributed by atoms with van der Waals surface area (Å²) in [5.41, 5.74) is 2.60. The Hall–Kier alpha value is -0.900. The third-order valence-corrected chi connectivity index (χ3v) is 3.53. The van der Waals surface area contributed by atoms with E-state index in [0.29, 0.717) is 18.6 Å². The minimum absolute atomic E-state index is 0.0157. The minimum Gasteiger partial charge on any atom is -0.395 e. The number of ether oxygens (including phenoxy) is 1. The Bertz CT molecular complexity index is 359. The fourth-order valence-corrected chi connectivity index (χ4v) is 2.32. The van der Waals surface area contributed by atoms with Gasteiger partial charge >= 0.3 is 0 Å². The molecule has 0 aliphatic heterocycles. The van der Waals surface area contributed by atoms with Crippen LogP contribution in [-0.2, 0) is 4.74 Å². The van der Waals surface area contributed by atoms with E-state index < -0.39 is 0 Å². The lowest BCUT2D eigenvalue weighted by Crippen LogP contribution is -2.39. The first-order chi connectivity index (χ1) is 8.74. The molecule has 0 bridgehead atoms. The highest BCUT2D eigenvalue weighted by Crippen LogP contribution is 2.41. The summed E-state index contributed by atoms with van der Waals surface area (Å²) in [4.78, 5) is 0. The number of hydrogen-bond donors (Lipinski definition) is 2. The first kappa shape index (κ1) is 13.5. The van der Waals surface area contributed by atoms with Crippen LogP contribution in [0.5, 0.6) is 0 Å². The van der Waals surface area contributed by atoms with Gasteiger partial charge in [0.2, 0.25) is 0 Å². The van der Waals surface area contributed by atoms with Crippen LogP contribution in [0.4, 0.5) is 0 Å². The van der Waals surface area contributed by atoms with Crippen LogP contribution in [0, 0.1) is 12.8 Å². The maximum Gasteiger partial charge on any atom is 0.0638 e. The quantitative estimate of drug-likeness (QED) is 0.777. The topological polar surface area (TPSA) is 41.5 Å². The highest BCUT2D eigenvalue weighted by molar-refractivity contribution is 5.25. The number of aryl methyl sites for hydroxylation is 1. The van der Waals surface area contributed by atoms with Gasteiger partial charge in [0.1, 0.15) is 0 Å². The average molecular weight is 249 g/mol. The Kier molecular flexibility index (Phi) is 4.75. The van der Waals surface area contributed by atoms with Crippen LogP contribution in [0.15, 0.2) is 24.3 Å². The van der Waals surface area contributed by atoms with E-state index >= 15 is 0 Å². The molecule has 1 fully saturated rings. The Morgan fingerprint density at radius 3 is 2.50 bits per heavy atom. The van der Waals surface area contributed by atoms with Crippen LogP contribution in [0.25, 0.3) is 0 Å². The number of rotatable bonds is 7. The van der Waals surface area contributed by atoms with Gasteiger partial charge in [0.05, 0.1) is 19.3 Å². The maximum absolute atomic E-state index is 9.36. The highest BCUT2D eigenvalue weighted by Gasteiger charge is 2.33. The molecule has 100 valence electrons. The molecule has 0 spiro atoms. The fraction of sp³-hybridized carbons (Fsp3) is 0.600. The van der Waals surface area contributed by atoms with Crippen LogP contribution >= 0.6 is 0 Å². The molecule has 0 radical (unpaired) electrons. The van der Waals surface area contributed by atoms with E-state index in [4.69, 9.17) is 4.74 Å². The first-order valence-corrected chi connectivity index (χ1v) is 6.67. The molecule has 3 nitrogen and oxygen atoms in total. The van der Waals surface area contributed by atoms with Crippen LogP contribution in [-0.4, -0.2) is 31.5 Å². The number of methoxy groups -OCH3 is 1. The van der Waals surface area contributed by atoms with Crippen molar-refractivity contribution in [1.29, 1.82) is 0 Å². The molecular weight excluding hydrogens is 226 g/mol. The summed E-state index contributed by atoms with van der Waals surface area (Å²) in [6.45, 7) is 2.76. The van der Waals surface area contributed by atoms with Gasteiger partial charge in [-0.1, -0.05) is 29.8 Å². The second kappa shape index (κ2) is 6.32. The van der Waals surface area contributed by atoms with Crippen molar-refractivity contribution in [1.82, 2.24) is 5.32 Å². The number of benzene rings is 1. The molecule has 1 saturated carbocycles. The van der Waals surface area contributed by atoms with E-state index in [1.807, 2.05) is 0 Å². The number of aliphatic hydroxyl groups excluding tert-OH is 1. The van der Waals surface area contributed by atoms with Gasteiger partial charge in [0.15, 0.2) is 0 Å². The zero-order valence-corrected chi connectivity index (χ0v) is 11.2. The Morgan fingerprint density at radius 1 is 1.33 bits per heavy atom.